The number of hydrogen-bond acceptors (Lipinski definition) is 12. The van der Waals surface area contributed by atoms with E-state index in [0.717, 1.165) is 30.6 Å². The van der Waals surface area contributed by atoms with E-state index < -0.39 is 48.2 Å². The predicted octanol–water partition coefficient (Wildman–Crippen LogP) is -2.83. The number of carboxylic acids is 1. The fourth-order valence-electron chi connectivity index (χ4n) is 3.91. The van der Waals surface area contributed by atoms with Gasteiger partial charge in [0.05, 0.1) is 18.1 Å². The van der Waals surface area contributed by atoms with Gasteiger partial charge in [-0.2, -0.15) is 0 Å². The van der Waals surface area contributed by atoms with Crippen molar-refractivity contribution in [2.24, 2.45) is 22.2 Å². The summed E-state index contributed by atoms with van der Waals surface area (Å²) in [6.07, 6.45) is -1.18. The summed E-state index contributed by atoms with van der Waals surface area (Å²) >= 11 is 3.22. The molecule has 0 spiro atoms. The maximum absolute atomic E-state index is 12.9. The van der Waals surface area contributed by atoms with Gasteiger partial charge >= 0.3 is 41.5 Å². The molecule has 35 heavy (non-hydrogen) atoms. The van der Waals surface area contributed by atoms with Crippen molar-refractivity contribution >= 4 is 46.6 Å². The van der Waals surface area contributed by atoms with Crippen LogP contribution < -0.4 is 40.0 Å². The number of aliphatic hydroxyl groups excluding tert-OH is 1. The van der Waals surface area contributed by atoms with Crippen molar-refractivity contribution in [1.29, 1.82) is 0 Å². The molecule has 2 N–H and O–H groups in total. The molecule has 0 amide bonds. The van der Waals surface area contributed by atoms with Crippen molar-refractivity contribution < 1.29 is 63.6 Å². The van der Waals surface area contributed by atoms with E-state index in [1.807, 2.05) is 6.92 Å². The Morgan fingerprint density at radius 3 is 2.49 bits per heavy atom. The van der Waals surface area contributed by atoms with E-state index in [4.69, 9.17) is 9.47 Å². The Morgan fingerprint density at radius 1 is 1.31 bits per heavy atom. The summed E-state index contributed by atoms with van der Waals surface area (Å²) in [6, 6.07) is -0.752. The zero-order valence-electron chi connectivity index (χ0n) is 21.0. The summed E-state index contributed by atoms with van der Waals surface area (Å²) in [5.74, 6) is -3.28. The molecule has 4 atom stereocenters. The van der Waals surface area contributed by atoms with Crippen molar-refractivity contribution in [3.63, 3.8) is 0 Å². The number of carbonyl (C=O) groups excluding carboxylic acids is 3. The summed E-state index contributed by atoms with van der Waals surface area (Å²) in [7, 11) is 0. The number of carboxylic acid groups (broad SMARTS) is 1. The van der Waals surface area contributed by atoms with Crippen LogP contribution in [0.25, 0.3) is 0 Å². The minimum atomic E-state index is -1.40. The van der Waals surface area contributed by atoms with Gasteiger partial charge in [-0.25, -0.2) is 4.79 Å². The van der Waals surface area contributed by atoms with Crippen LogP contribution in [-0.4, -0.2) is 82.7 Å². The Labute approximate surface area is 236 Å². The number of nitrogens with one attached hydrogen (secondary N) is 1. The second-order valence-corrected chi connectivity index (χ2v) is 12.1. The SMILES string of the molecule is C[C@@H](O)C(C(=O)[O-])[C@@H]1NC(C(=O)OCOC(=O)C(C)(C)C)=C(SC2CN(C3=NCCS3)C2)[C@@H]1C.[Na+]. The van der Waals surface area contributed by atoms with Crippen LogP contribution in [0.3, 0.4) is 0 Å². The second kappa shape index (κ2) is 12.6. The van der Waals surface area contributed by atoms with Crippen molar-refractivity contribution in [3.8, 4) is 0 Å². The number of esters is 2. The van der Waals surface area contributed by atoms with E-state index in [2.05, 4.69) is 15.2 Å². The first kappa shape index (κ1) is 30.3. The molecule has 1 saturated heterocycles. The fraction of sp³-hybridized carbons (Fsp3) is 0.727. The molecule has 3 aliphatic rings. The molecule has 190 valence electrons. The normalized spacial score (nSPS) is 24.1. The third-order valence-corrected chi connectivity index (χ3v) is 8.36. The Hall–Kier alpha value is -0.920. The number of aliphatic hydroxyl groups is 1. The van der Waals surface area contributed by atoms with Gasteiger partial charge < -0.3 is 34.7 Å². The molecule has 3 rings (SSSR count). The first-order valence-corrected chi connectivity index (χ1v) is 13.1. The van der Waals surface area contributed by atoms with E-state index in [-0.39, 0.29) is 46.4 Å². The number of rotatable bonds is 8. The van der Waals surface area contributed by atoms with Gasteiger partial charge in [-0.15, -0.1) is 11.8 Å². The molecule has 3 heterocycles. The molecule has 0 aromatic carbocycles. The van der Waals surface area contributed by atoms with Crippen LogP contribution in [0.5, 0.6) is 0 Å². The number of thioether (sulfide) groups is 2. The fourth-order valence-corrected chi connectivity index (χ4v) is 6.28. The molecule has 10 nitrogen and oxygen atoms in total. The summed E-state index contributed by atoms with van der Waals surface area (Å²) in [6.45, 7) is 10.1. The Bertz CT molecular complexity index is 885. The quantitative estimate of drug-likeness (QED) is 0.188. The second-order valence-electron chi connectivity index (χ2n) is 9.67. The van der Waals surface area contributed by atoms with Gasteiger partial charge in [0.15, 0.2) is 5.17 Å². The number of nitrogens with zero attached hydrogens (tertiary/aromatic N) is 2. The largest absolute Gasteiger partial charge is 1.00 e. The number of amidine groups is 1. The Balaban J connectivity index is 0.00000432. The zero-order chi connectivity index (χ0) is 25.2. The van der Waals surface area contributed by atoms with Crippen LogP contribution in [0.15, 0.2) is 15.6 Å². The Kier molecular flexibility index (Phi) is 10.9. The van der Waals surface area contributed by atoms with Gasteiger partial charge in [0.2, 0.25) is 6.79 Å². The van der Waals surface area contributed by atoms with Crippen LogP contribution in [-0.2, 0) is 23.9 Å². The van der Waals surface area contributed by atoms with E-state index in [1.54, 1.807) is 32.5 Å². The number of carbonyl (C=O) groups is 3. The number of aliphatic carboxylic acids is 1. The summed E-state index contributed by atoms with van der Waals surface area (Å²) in [4.78, 5) is 43.9. The molecule has 1 unspecified atom stereocenters. The number of likely N-dealkylation sites (tertiary alicyclic amines) is 1. The maximum Gasteiger partial charge on any atom is 1.00 e. The van der Waals surface area contributed by atoms with Gasteiger partial charge in [0, 0.05) is 52.8 Å². The first-order chi connectivity index (χ1) is 15.9. The van der Waals surface area contributed by atoms with Crippen LogP contribution in [0.1, 0.15) is 34.6 Å². The summed E-state index contributed by atoms with van der Waals surface area (Å²) < 4.78 is 10.2. The van der Waals surface area contributed by atoms with E-state index in [1.165, 1.54) is 18.7 Å². The van der Waals surface area contributed by atoms with Crippen molar-refractivity contribution in [1.82, 2.24) is 10.2 Å². The molecule has 0 aromatic rings. The molecule has 3 aliphatic heterocycles. The van der Waals surface area contributed by atoms with Crippen LogP contribution in [0.4, 0.5) is 0 Å². The van der Waals surface area contributed by atoms with Gasteiger partial charge in [-0.05, 0) is 27.7 Å². The van der Waals surface area contributed by atoms with Crippen molar-refractivity contribution in [3.05, 3.63) is 10.6 Å². The predicted molar refractivity (Wildman–Crippen MR) is 128 cm³/mol. The minimum Gasteiger partial charge on any atom is -0.550 e. The third kappa shape index (κ3) is 7.32. The van der Waals surface area contributed by atoms with E-state index in [9.17, 15) is 24.6 Å². The molecule has 0 aromatic heterocycles. The maximum atomic E-state index is 12.9. The van der Waals surface area contributed by atoms with Gasteiger partial charge in [-0.1, -0.05) is 18.7 Å². The molecule has 1 fully saturated rings. The van der Waals surface area contributed by atoms with Crippen molar-refractivity contribution in [2.45, 2.75) is 52.0 Å². The minimum absolute atomic E-state index is 0. The van der Waals surface area contributed by atoms with E-state index >= 15 is 0 Å². The summed E-state index contributed by atoms with van der Waals surface area (Å²) in [5.41, 5.74) is -0.609. The van der Waals surface area contributed by atoms with Crippen molar-refractivity contribution in [2.75, 3.05) is 32.2 Å². The number of aliphatic imine (C=N–C) groups is 1. The van der Waals surface area contributed by atoms with Crippen LogP contribution in [0, 0.1) is 17.3 Å². The van der Waals surface area contributed by atoms with E-state index in [0.29, 0.717) is 4.91 Å². The first-order valence-electron chi connectivity index (χ1n) is 11.2. The molecule has 0 aliphatic carbocycles. The standard InChI is InChI=1S/C22H33N3O7S2.Na/c1-11-15(14(12(2)26)18(27)28)24-16(19(29)31-10-32-20(30)22(3,4)5)17(11)34-13-8-25(9-13)21-23-6-7-33-21;/h11-15,24,26H,6-10H2,1-5H3,(H,27,28);/q;+1/p-1/t11-,12-,14?,15-;/m1./s1. The van der Waals surface area contributed by atoms with Gasteiger partial charge in [0.25, 0.3) is 0 Å². The molecular weight excluding hydrogens is 505 g/mol. The molecule has 0 radical (unpaired) electrons. The smallest absolute Gasteiger partial charge is 0.550 e. The Morgan fingerprint density at radius 2 is 1.97 bits per heavy atom. The van der Waals surface area contributed by atoms with Gasteiger partial charge in [-0.3, -0.25) is 9.79 Å². The number of ether oxygens (including phenoxy) is 2. The van der Waals surface area contributed by atoms with Crippen LogP contribution >= 0.6 is 23.5 Å². The number of hydrogen-bond donors (Lipinski definition) is 2. The third-order valence-electron chi connectivity index (χ3n) is 5.87. The molecular formula is C22H32N3NaO7S2. The monoisotopic (exact) mass is 537 g/mol. The molecule has 13 heteroatoms. The van der Waals surface area contributed by atoms with Gasteiger partial charge in [0.1, 0.15) is 5.70 Å². The average molecular weight is 538 g/mol. The van der Waals surface area contributed by atoms with Crippen LogP contribution in [0.2, 0.25) is 0 Å². The summed E-state index contributed by atoms with van der Waals surface area (Å²) in [5, 5.41) is 26.0. The zero-order valence-corrected chi connectivity index (χ0v) is 24.7. The topological polar surface area (TPSA) is 141 Å². The molecule has 0 bridgehead atoms. The average Bonchev–Trinajstić information content (AvgIpc) is 3.32. The molecule has 0 saturated carbocycles.